The Kier molecular flexibility index (Phi) is 3.77. The van der Waals surface area contributed by atoms with Gasteiger partial charge < -0.3 is 10.5 Å². The van der Waals surface area contributed by atoms with Crippen molar-refractivity contribution >= 4 is 33.4 Å². The largest absolute Gasteiger partial charge is 0.496 e. The molecule has 1 rings (SSSR count). The first kappa shape index (κ1) is 11.3. The van der Waals surface area contributed by atoms with Crippen LogP contribution in [0.3, 0.4) is 0 Å². The van der Waals surface area contributed by atoms with E-state index in [0.717, 1.165) is 4.47 Å². The minimum atomic E-state index is -0.873. The topological polar surface area (TPSA) is 52.3 Å². The van der Waals surface area contributed by atoms with Crippen LogP contribution in [0.5, 0.6) is 5.75 Å². The predicted octanol–water partition coefficient (Wildman–Crippen LogP) is 2.22. The summed E-state index contributed by atoms with van der Waals surface area (Å²) in [6, 6.07) is 5.23. The molecule has 0 saturated carbocycles. The Morgan fingerprint density at radius 3 is 2.79 bits per heavy atom. The third-order valence-corrected chi connectivity index (χ3v) is 2.66. The molecule has 0 radical (unpaired) electrons. The number of amides is 1. The maximum Gasteiger partial charge on any atom is 0.240 e. The van der Waals surface area contributed by atoms with Gasteiger partial charge in [-0.2, -0.15) is 0 Å². The summed E-state index contributed by atoms with van der Waals surface area (Å²) < 4.78 is 5.88. The summed E-state index contributed by atoms with van der Waals surface area (Å²) >= 11 is 9.10. The van der Waals surface area contributed by atoms with Crippen LogP contribution in [-0.4, -0.2) is 13.0 Å². The predicted molar refractivity (Wildman–Crippen MR) is 58.5 cm³/mol. The second-order valence-electron chi connectivity index (χ2n) is 2.65. The van der Waals surface area contributed by atoms with Gasteiger partial charge in [-0.3, -0.25) is 4.79 Å². The highest BCUT2D eigenvalue weighted by atomic mass is 79.9. The van der Waals surface area contributed by atoms with E-state index in [2.05, 4.69) is 15.9 Å². The van der Waals surface area contributed by atoms with Gasteiger partial charge in [0, 0.05) is 10.0 Å². The van der Waals surface area contributed by atoms with Gasteiger partial charge in [-0.05, 0) is 18.2 Å². The lowest BCUT2D eigenvalue weighted by Crippen LogP contribution is -2.17. The molecule has 5 heteroatoms. The number of halogens is 2. The molecule has 1 amide bonds. The lowest BCUT2D eigenvalue weighted by molar-refractivity contribution is -0.117. The van der Waals surface area contributed by atoms with Gasteiger partial charge in [0.05, 0.1) is 7.11 Å². The van der Waals surface area contributed by atoms with Crippen LogP contribution in [0.1, 0.15) is 10.9 Å². The SMILES string of the molecule is COc1ccc(Br)cc1C(Cl)C(N)=O. The lowest BCUT2D eigenvalue weighted by Gasteiger charge is -2.11. The minimum absolute atomic E-state index is 0.548. The van der Waals surface area contributed by atoms with Gasteiger partial charge in [0.25, 0.3) is 0 Å². The minimum Gasteiger partial charge on any atom is -0.496 e. The molecule has 0 heterocycles. The highest BCUT2D eigenvalue weighted by Gasteiger charge is 2.18. The Labute approximate surface area is 95.3 Å². The number of nitrogens with two attached hydrogens (primary N) is 1. The summed E-state index contributed by atoms with van der Waals surface area (Å²) in [5.41, 5.74) is 5.67. The van der Waals surface area contributed by atoms with Crippen LogP contribution in [0.25, 0.3) is 0 Å². The van der Waals surface area contributed by atoms with Crippen molar-refractivity contribution in [3.63, 3.8) is 0 Å². The highest BCUT2D eigenvalue weighted by Crippen LogP contribution is 2.31. The zero-order valence-corrected chi connectivity index (χ0v) is 9.80. The number of benzene rings is 1. The molecule has 14 heavy (non-hydrogen) atoms. The third-order valence-electron chi connectivity index (χ3n) is 1.71. The molecule has 1 atom stereocenters. The van der Waals surface area contributed by atoms with E-state index in [1.165, 1.54) is 7.11 Å². The van der Waals surface area contributed by atoms with Crippen LogP contribution < -0.4 is 10.5 Å². The van der Waals surface area contributed by atoms with Crippen LogP contribution >= 0.6 is 27.5 Å². The molecule has 3 nitrogen and oxygen atoms in total. The van der Waals surface area contributed by atoms with Gasteiger partial charge in [0.1, 0.15) is 11.1 Å². The van der Waals surface area contributed by atoms with Crippen LogP contribution in [0.2, 0.25) is 0 Å². The molecule has 1 aromatic rings. The lowest BCUT2D eigenvalue weighted by atomic mass is 10.1. The van der Waals surface area contributed by atoms with E-state index in [4.69, 9.17) is 22.1 Å². The first-order valence-corrected chi connectivity index (χ1v) is 5.06. The Balaban J connectivity index is 3.16. The van der Waals surface area contributed by atoms with Crippen LogP contribution in [0.15, 0.2) is 22.7 Å². The van der Waals surface area contributed by atoms with Crippen molar-refractivity contribution in [3.05, 3.63) is 28.2 Å². The first-order valence-electron chi connectivity index (χ1n) is 3.83. The van der Waals surface area contributed by atoms with Crippen molar-refractivity contribution in [3.8, 4) is 5.75 Å². The summed E-state index contributed by atoms with van der Waals surface area (Å²) in [7, 11) is 1.51. The molecule has 0 saturated heterocycles. The second kappa shape index (κ2) is 4.66. The fourth-order valence-electron chi connectivity index (χ4n) is 1.06. The summed E-state index contributed by atoms with van der Waals surface area (Å²) in [6.07, 6.45) is 0. The quantitative estimate of drug-likeness (QED) is 0.862. The van der Waals surface area contributed by atoms with Crippen molar-refractivity contribution in [1.29, 1.82) is 0 Å². The average Bonchev–Trinajstić information content (AvgIpc) is 2.16. The van der Waals surface area contributed by atoms with Crippen molar-refractivity contribution in [2.24, 2.45) is 5.73 Å². The number of methoxy groups -OCH3 is 1. The molecule has 2 N–H and O–H groups in total. The van der Waals surface area contributed by atoms with Crippen molar-refractivity contribution in [2.45, 2.75) is 5.38 Å². The molecule has 1 aromatic carbocycles. The van der Waals surface area contributed by atoms with Crippen molar-refractivity contribution in [1.82, 2.24) is 0 Å². The van der Waals surface area contributed by atoms with E-state index in [0.29, 0.717) is 11.3 Å². The molecular formula is C9H9BrClNO2. The van der Waals surface area contributed by atoms with Crippen LogP contribution in [0.4, 0.5) is 0 Å². The summed E-state index contributed by atoms with van der Waals surface area (Å²) in [5, 5.41) is -0.873. The number of alkyl halides is 1. The van der Waals surface area contributed by atoms with Gasteiger partial charge in [0.2, 0.25) is 5.91 Å². The number of ether oxygens (including phenoxy) is 1. The van der Waals surface area contributed by atoms with E-state index in [1.54, 1.807) is 18.2 Å². The smallest absolute Gasteiger partial charge is 0.240 e. The van der Waals surface area contributed by atoms with Gasteiger partial charge in [-0.1, -0.05) is 15.9 Å². The maximum absolute atomic E-state index is 10.9. The molecule has 76 valence electrons. The maximum atomic E-state index is 10.9. The number of carbonyl (C=O) groups excluding carboxylic acids is 1. The Morgan fingerprint density at radius 2 is 2.29 bits per heavy atom. The number of hydrogen-bond donors (Lipinski definition) is 1. The Morgan fingerprint density at radius 1 is 1.64 bits per heavy atom. The molecule has 0 spiro atoms. The highest BCUT2D eigenvalue weighted by molar-refractivity contribution is 9.10. The molecule has 1 unspecified atom stereocenters. The van der Waals surface area contributed by atoms with E-state index in [9.17, 15) is 4.79 Å². The first-order chi connectivity index (χ1) is 6.56. The number of hydrogen-bond acceptors (Lipinski definition) is 2. The monoisotopic (exact) mass is 277 g/mol. The fraction of sp³-hybridized carbons (Fsp3) is 0.222. The van der Waals surface area contributed by atoms with Crippen molar-refractivity contribution < 1.29 is 9.53 Å². The zero-order valence-electron chi connectivity index (χ0n) is 7.46. The molecule has 0 bridgehead atoms. The molecule has 0 aromatic heterocycles. The molecule has 0 aliphatic rings. The number of carbonyl (C=O) groups is 1. The molecule has 0 aliphatic heterocycles. The molecular weight excluding hydrogens is 269 g/mol. The van der Waals surface area contributed by atoms with Gasteiger partial charge >= 0.3 is 0 Å². The standard InChI is InChI=1S/C9H9BrClNO2/c1-14-7-3-2-5(10)4-6(7)8(11)9(12)13/h2-4,8H,1H3,(H2,12,13). The Hall–Kier alpha value is -0.740. The summed E-state index contributed by atoms with van der Waals surface area (Å²) in [6.45, 7) is 0. The molecule has 0 fully saturated rings. The van der Waals surface area contributed by atoms with E-state index < -0.39 is 11.3 Å². The summed E-state index contributed by atoms with van der Waals surface area (Å²) in [4.78, 5) is 10.9. The van der Waals surface area contributed by atoms with Crippen LogP contribution in [0, 0.1) is 0 Å². The average molecular weight is 279 g/mol. The van der Waals surface area contributed by atoms with Gasteiger partial charge in [0.15, 0.2) is 0 Å². The zero-order chi connectivity index (χ0) is 10.7. The normalized spacial score (nSPS) is 12.2. The number of rotatable bonds is 3. The third kappa shape index (κ3) is 2.39. The van der Waals surface area contributed by atoms with E-state index in [1.807, 2.05) is 0 Å². The van der Waals surface area contributed by atoms with Crippen molar-refractivity contribution in [2.75, 3.05) is 7.11 Å². The van der Waals surface area contributed by atoms with E-state index >= 15 is 0 Å². The summed E-state index contributed by atoms with van der Waals surface area (Å²) in [5.74, 6) is -0.0462. The van der Waals surface area contributed by atoms with Gasteiger partial charge in [-0.25, -0.2) is 0 Å². The molecule has 0 aliphatic carbocycles. The second-order valence-corrected chi connectivity index (χ2v) is 4.00. The van der Waals surface area contributed by atoms with E-state index in [-0.39, 0.29) is 0 Å². The number of primary amides is 1. The van der Waals surface area contributed by atoms with Gasteiger partial charge in [-0.15, -0.1) is 11.6 Å². The Bertz CT molecular complexity index is 357. The van der Waals surface area contributed by atoms with Crippen LogP contribution in [-0.2, 0) is 4.79 Å². The fourth-order valence-corrected chi connectivity index (χ4v) is 1.61.